The molecule has 0 aliphatic rings. The molecule has 0 atom stereocenters. The number of nitrogen functional groups attached to an aromatic ring is 1. The number of halogens is 3. The molecule has 0 amide bonds. The summed E-state index contributed by atoms with van der Waals surface area (Å²) in [7, 11) is 0. The number of rotatable bonds is 1. The molecule has 0 saturated heterocycles. The minimum absolute atomic E-state index is 0.103. The molecule has 1 rings (SSSR count). The summed E-state index contributed by atoms with van der Waals surface area (Å²) in [5, 5.41) is 0.720. The van der Waals surface area contributed by atoms with E-state index in [0.717, 1.165) is 17.5 Å². The van der Waals surface area contributed by atoms with Crippen molar-refractivity contribution in [2.45, 2.75) is 6.42 Å². The van der Waals surface area contributed by atoms with Crippen molar-refractivity contribution in [3.05, 3.63) is 29.3 Å². The van der Waals surface area contributed by atoms with E-state index in [2.05, 4.69) is 27.8 Å². The summed E-state index contributed by atoms with van der Waals surface area (Å²) in [6.07, 6.45) is 0.609. The van der Waals surface area contributed by atoms with Crippen molar-refractivity contribution in [1.29, 1.82) is 0 Å². The van der Waals surface area contributed by atoms with Crippen LogP contribution in [-0.2, 0) is 0 Å². The summed E-state index contributed by atoms with van der Waals surface area (Å²) < 4.78 is 25.7. The van der Waals surface area contributed by atoms with Gasteiger partial charge in [-0.05, 0) is 6.07 Å². The highest BCUT2D eigenvalue weighted by molar-refractivity contribution is 9.09. The second kappa shape index (κ2) is 4.97. The van der Waals surface area contributed by atoms with Gasteiger partial charge in [-0.1, -0.05) is 27.8 Å². The Labute approximate surface area is 89.4 Å². The summed E-state index contributed by atoms with van der Waals surface area (Å²) in [6.45, 7) is 0. The van der Waals surface area contributed by atoms with Gasteiger partial charge in [-0.25, -0.2) is 8.78 Å². The maximum absolute atomic E-state index is 12.9. The highest BCUT2D eigenvalue weighted by Gasteiger charge is 2.05. The third-order valence-corrected chi connectivity index (χ3v) is 1.93. The highest BCUT2D eigenvalue weighted by Crippen LogP contribution is 2.16. The molecule has 1 nitrogen and oxygen atoms in total. The lowest BCUT2D eigenvalue weighted by Crippen LogP contribution is -1.96. The van der Waals surface area contributed by atoms with Crippen molar-refractivity contribution in [2.24, 2.45) is 0 Å². The first-order chi connectivity index (χ1) is 6.65. The average Bonchev–Trinajstić information content (AvgIpc) is 2.13. The van der Waals surface area contributed by atoms with Gasteiger partial charge in [0, 0.05) is 17.8 Å². The fraction of sp³-hybridized carbons (Fsp3) is 0.200. The lowest BCUT2D eigenvalue weighted by atomic mass is 10.1. The van der Waals surface area contributed by atoms with Gasteiger partial charge in [-0.15, -0.1) is 0 Å². The van der Waals surface area contributed by atoms with E-state index < -0.39 is 11.6 Å². The Hall–Kier alpha value is -1.08. The number of hydrogen-bond donors (Lipinski definition) is 1. The van der Waals surface area contributed by atoms with Gasteiger partial charge in [0.15, 0.2) is 0 Å². The molecule has 0 bridgehead atoms. The molecule has 1 aromatic rings. The van der Waals surface area contributed by atoms with Crippen LogP contribution in [0, 0.1) is 23.5 Å². The van der Waals surface area contributed by atoms with E-state index in [1.54, 1.807) is 0 Å². The number of hydrogen-bond acceptors (Lipinski definition) is 1. The van der Waals surface area contributed by atoms with Gasteiger partial charge in [0.2, 0.25) is 0 Å². The second-order valence-corrected chi connectivity index (χ2v) is 3.38. The maximum atomic E-state index is 12.9. The Balaban J connectivity index is 3.04. The van der Waals surface area contributed by atoms with E-state index in [1.165, 1.54) is 0 Å². The topological polar surface area (TPSA) is 26.0 Å². The van der Waals surface area contributed by atoms with Crippen LogP contribution >= 0.6 is 15.9 Å². The molecule has 74 valence electrons. The molecule has 0 aliphatic carbocycles. The van der Waals surface area contributed by atoms with Gasteiger partial charge in [0.25, 0.3) is 0 Å². The summed E-state index contributed by atoms with van der Waals surface area (Å²) in [5.41, 5.74) is 5.47. The molecule has 0 radical (unpaired) electrons. The van der Waals surface area contributed by atoms with Crippen molar-refractivity contribution in [2.75, 3.05) is 11.1 Å². The summed E-state index contributed by atoms with van der Waals surface area (Å²) in [4.78, 5) is 0. The SMILES string of the molecule is Nc1c(F)cc(F)cc1C#CCCBr. The quantitative estimate of drug-likeness (QED) is 0.469. The van der Waals surface area contributed by atoms with Crippen molar-refractivity contribution in [3.8, 4) is 11.8 Å². The zero-order valence-corrected chi connectivity index (χ0v) is 8.87. The van der Waals surface area contributed by atoms with Crippen molar-refractivity contribution in [1.82, 2.24) is 0 Å². The van der Waals surface area contributed by atoms with Gasteiger partial charge in [-0.2, -0.15) is 0 Å². The fourth-order valence-electron chi connectivity index (χ4n) is 0.893. The molecule has 4 heteroatoms. The van der Waals surface area contributed by atoms with Gasteiger partial charge >= 0.3 is 0 Å². The summed E-state index contributed by atoms with van der Waals surface area (Å²) in [5.74, 6) is 3.91. The average molecular weight is 260 g/mol. The van der Waals surface area contributed by atoms with Crippen LogP contribution in [-0.4, -0.2) is 5.33 Å². The van der Waals surface area contributed by atoms with Crippen LogP contribution in [0.25, 0.3) is 0 Å². The normalized spacial score (nSPS) is 9.36. The third kappa shape index (κ3) is 2.71. The van der Waals surface area contributed by atoms with Crippen LogP contribution in [0.2, 0.25) is 0 Å². The predicted molar refractivity (Wildman–Crippen MR) is 56.1 cm³/mol. The van der Waals surface area contributed by atoms with E-state index in [0.29, 0.717) is 6.42 Å². The largest absolute Gasteiger partial charge is 0.395 e. The number of alkyl halides is 1. The van der Waals surface area contributed by atoms with Crippen molar-refractivity contribution in [3.63, 3.8) is 0 Å². The van der Waals surface area contributed by atoms with E-state index >= 15 is 0 Å². The minimum atomic E-state index is -0.770. The van der Waals surface area contributed by atoms with Crippen LogP contribution in [0.15, 0.2) is 12.1 Å². The molecular weight excluding hydrogens is 252 g/mol. The van der Waals surface area contributed by atoms with E-state index in [9.17, 15) is 8.78 Å². The number of anilines is 1. The van der Waals surface area contributed by atoms with E-state index in [4.69, 9.17) is 5.73 Å². The summed E-state index contributed by atoms with van der Waals surface area (Å²) >= 11 is 3.19. The Kier molecular flexibility index (Phi) is 3.90. The lowest BCUT2D eigenvalue weighted by Gasteiger charge is -1.99. The van der Waals surface area contributed by atoms with Crippen LogP contribution in [0.5, 0.6) is 0 Å². The van der Waals surface area contributed by atoms with Crippen molar-refractivity contribution >= 4 is 21.6 Å². The Morgan fingerprint density at radius 2 is 2.07 bits per heavy atom. The molecule has 2 N–H and O–H groups in total. The van der Waals surface area contributed by atoms with Crippen LogP contribution in [0.4, 0.5) is 14.5 Å². The molecule has 1 aromatic carbocycles. The second-order valence-electron chi connectivity index (χ2n) is 2.59. The molecule has 0 spiro atoms. The molecule has 0 unspecified atom stereocenters. The third-order valence-electron chi connectivity index (χ3n) is 1.54. The standard InChI is InChI=1S/C10H8BrF2N/c11-4-2-1-3-7-5-8(12)6-9(13)10(7)14/h5-6H,2,4,14H2. The smallest absolute Gasteiger partial charge is 0.150 e. The Morgan fingerprint density at radius 3 is 2.71 bits per heavy atom. The minimum Gasteiger partial charge on any atom is -0.395 e. The zero-order chi connectivity index (χ0) is 10.6. The maximum Gasteiger partial charge on any atom is 0.150 e. The molecule has 0 fully saturated rings. The molecule has 0 saturated carbocycles. The van der Waals surface area contributed by atoms with Crippen LogP contribution in [0.3, 0.4) is 0 Å². The van der Waals surface area contributed by atoms with Crippen LogP contribution < -0.4 is 5.73 Å². The number of nitrogens with two attached hydrogens (primary N) is 1. The zero-order valence-electron chi connectivity index (χ0n) is 7.28. The summed E-state index contributed by atoms with van der Waals surface area (Å²) in [6, 6.07) is 1.87. The van der Waals surface area contributed by atoms with E-state index in [-0.39, 0.29) is 11.3 Å². The first-order valence-corrected chi connectivity index (χ1v) is 5.06. The van der Waals surface area contributed by atoms with Gasteiger partial charge < -0.3 is 5.73 Å². The van der Waals surface area contributed by atoms with E-state index in [1.807, 2.05) is 0 Å². The first kappa shape index (κ1) is 11.0. The first-order valence-electron chi connectivity index (χ1n) is 3.94. The Bertz CT molecular complexity index is 393. The monoisotopic (exact) mass is 259 g/mol. The predicted octanol–water partition coefficient (Wildman–Crippen LogP) is 2.68. The molecule has 0 aliphatic heterocycles. The Morgan fingerprint density at radius 1 is 1.36 bits per heavy atom. The van der Waals surface area contributed by atoms with Gasteiger partial charge in [-0.3, -0.25) is 0 Å². The van der Waals surface area contributed by atoms with Gasteiger partial charge in [0.05, 0.1) is 11.3 Å². The highest BCUT2D eigenvalue weighted by atomic mass is 79.9. The molecular formula is C10H8BrF2N. The van der Waals surface area contributed by atoms with Gasteiger partial charge in [0.1, 0.15) is 11.6 Å². The molecule has 0 heterocycles. The van der Waals surface area contributed by atoms with Crippen molar-refractivity contribution < 1.29 is 8.78 Å². The number of benzene rings is 1. The lowest BCUT2D eigenvalue weighted by molar-refractivity contribution is 0.586. The molecule has 0 aromatic heterocycles. The fourth-order valence-corrected chi connectivity index (χ4v) is 1.09. The molecule has 14 heavy (non-hydrogen) atoms. The van der Waals surface area contributed by atoms with Crippen LogP contribution in [0.1, 0.15) is 12.0 Å².